The lowest BCUT2D eigenvalue weighted by atomic mass is 10.0. The highest BCUT2D eigenvalue weighted by Gasteiger charge is 2.35. The molecule has 3 rings (SSSR count). The number of benzene rings is 1. The van der Waals surface area contributed by atoms with E-state index in [4.69, 9.17) is 9.47 Å². The number of ketones is 2. The van der Waals surface area contributed by atoms with Gasteiger partial charge in [0.15, 0.2) is 11.9 Å². The van der Waals surface area contributed by atoms with E-state index in [0.717, 1.165) is 0 Å². The molecule has 1 aromatic carbocycles. The van der Waals surface area contributed by atoms with Crippen LogP contribution in [0.15, 0.2) is 24.3 Å². The summed E-state index contributed by atoms with van der Waals surface area (Å²) in [4.78, 5) is 53.7. The van der Waals surface area contributed by atoms with Gasteiger partial charge in [0.2, 0.25) is 17.8 Å². The van der Waals surface area contributed by atoms with Crippen molar-refractivity contribution in [3.05, 3.63) is 46.8 Å². The van der Waals surface area contributed by atoms with Gasteiger partial charge in [-0.15, -0.1) is 0 Å². The van der Waals surface area contributed by atoms with Crippen molar-refractivity contribution in [2.24, 2.45) is 0 Å². The van der Waals surface area contributed by atoms with E-state index in [1.54, 1.807) is 38.1 Å². The minimum absolute atomic E-state index is 0.0127. The van der Waals surface area contributed by atoms with Crippen molar-refractivity contribution in [1.29, 1.82) is 0 Å². The third-order valence-corrected chi connectivity index (χ3v) is 5.11. The smallest absolute Gasteiger partial charge is 0.349 e. The highest BCUT2D eigenvalue weighted by molar-refractivity contribution is 6.05. The predicted octanol–water partition coefficient (Wildman–Crippen LogP) is 2.76. The average molecular weight is 412 g/mol. The molecule has 1 aliphatic heterocycles. The third kappa shape index (κ3) is 3.85. The second-order valence-corrected chi connectivity index (χ2v) is 7.33. The van der Waals surface area contributed by atoms with Crippen LogP contribution in [0.25, 0.3) is 0 Å². The maximum atomic E-state index is 12.8. The van der Waals surface area contributed by atoms with Crippen molar-refractivity contribution < 1.29 is 28.7 Å². The summed E-state index contributed by atoms with van der Waals surface area (Å²) in [5.41, 5.74) is 2.39. The fraction of sp³-hybridized carbons (Fsp3) is 0.364. The number of ether oxygens (including phenoxy) is 2. The zero-order valence-corrected chi connectivity index (χ0v) is 17.6. The van der Waals surface area contributed by atoms with Crippen LogP contribution in [0.4, 0.5) is 5.69 Å². The fourth-order valence-corrected chi connectivity index (χ4v) is 3.69. The predicted molar refractivity (Wildman–Crippen MR) is 109 cm³/mol. The Kier molecular flexibility index (Phi) is 5.78. The lowest BCUT2D eigenvalue weighted by Crippen LogP contribution is -2.48. The van der Waals surface area contributed by atoms with Crippen LogP contribution in [-0.2, 0) is 14.3 Å². The van der Waals surface area contributed by atoms with Crippen LogP contribution < -0.4 is 9.64 Å². The Morgan fingerprint density at radius 1 is 1.17 bits per heavy atom. The summed E-state index contributed by atoms with van der Waals surface area (Å²) in [5.74, 6) is -1.19. The summed E-state index contributed by atoms with van der Waals surface area (Å²) in [6.45, 7) is 7.66. The number of nitrogens with zero attached hydrogens (tertiary/aromatic N) is 1. The van der Waals surface area contributed by atoms with E-state index < -0.39 is 24.0 Å². The summed E-state index contributed by atoms with van der Waals surface area (Å²) >= 11 is 0. The minimum Gasteiger partial charge on any atom is -0.475 e. The maximum Gasteiger partial charge on any atom is 0.349 e. The molecule has 30 heavy (non-hydrogen) atoms. The van der Waals surface area contributed by atoms with E-state index in [2.05, 4.69) is 4.98 Å². The molecule has 1 aromatic heterocycles. The molecule has 0 bridgehead atoms. The minimum atomic E-state index is -1.10. The van der Waals surface area contributed by atoms with Gasteiger partial charge >= 0.3 is 5.97 Å². The van der Waals surface area contributed by atoms with E-state index in [0.29, 0.717) is 28.3 Å². The molecule has 2 atom stereocenters. The summed E-state index contributed by atoms with van der Waals surface area (Å²) in [6.07, 6.45) is -2.15. The van der Waals surface area contributed by atoms with E-state index >= 15 is 0 Å². The van der Waals surface area contributed by atoms with Gasteiger partial charge in [0, 0.05) is 18.2 Å². The van der Waals surface area contributed by atoms with E-state index in [9.17, 15) is 19.2 Å². The number of hydrogen-bond acceptors (Lipinski definition) is 6. The first-order chi connectivity index (χ1) is 14.1. The first-order valence-electron chi connectivity index (χ1n) is 9.60. The molecule has 1 aliphatic rings. The largest absolute Gasteiger partial charge is 0.475 e. The summed E-state index contributed by atoms with van der Waals surface area (Å²) in [7, 11) is 0. The topological polar surface area (TPSA) is 106 Å². The van der Waals surface area contributed by atoms with Gasteiger partial charge in [-0.25, -0.2) is 4.79 Å². The number of para-hydroxylation sites is 2. The Labute approximate surface area is 174 Å². The SMILES string of the molecule is CC(=O)c1c(C)[nH]c(C(=O)[C@H](C)OC(=O)[C@@H]2CN(C(C)=O)c3ccccc3O2)c1C. The maximum absolute atomic E-state index is 12.8. The number of aromatic amines is 1. The molecule has 0 spiro atoms. The zero-order chi connectivity index (χ0) is 22.2. The molecule has 1 amide bonds. The number of fused-ring (bicyclic) bond motifs is 1. The van der Waals surface area contributed by atoms with Gasteiger partial charge in [0.1, 0.15) is 5.75 Å². The van der Waals surface area contributed by atoms with E-state index in [-0.39, 0.29) is 23.9 Å². The molecule has 0 saturated carbocycles. The molecule has 2 aromatic rings. The normalized spacial score (nSPS) is 16.3. The highest BCUT2D eigenvalue weighted by Crippen LogP contribution is 2.33. The lowest BCUT2D eigenvalue weighted by Gasteiger charge is -2.33. The molecule has 8 heteroatoms. The monoisotopic (exact) mass is 412 g/mol. The van der Waals surface area contributed by atoms with Crippen LogP contribution in [0.2, 0.25) is 0 Å². The molecular formula is C22H24N2O6. The first kappa shape index (κ1) is 21.3. The highest BCUT2D eigenvalue weighted by atomic mass is 16.6. The number of amides is 1. The molecule has 1 N–H and O–H groups in total. The van der Waals surface area contributed by atoms with E-state index in [1.165, 1.54) is 25.7 Å². The van der Waals surface area contributed by atoms with Gasteiger partial charge in [-0.2, -0.15) is 0 Å². The number of nitrogens with one attached hydrogen (secondary N) is 1. The van der Waals surface area contributed by atoms with Gasteiger partial charge in [-0.05, 0) is 45.4 Å². The standard InChI is InChI=1S/C22H24N2O6/c1-11-19(13(3)25)12(2)23-20(11)21(27)14(4)29-22(28)18-10-24(15(5)26)16-8-6-7-9-17(16)30-18/h6-9,14,18,23H,10H2,1-5H3/t14-,18-/m0/s1. The number of hydrogen-bond donors (Lipinski definition) is 1. The quantitative estimate of drug-likeness (QED) is 0.598. The van der Waals surface area contributed by atoms with Crippen LogP contribution in [0.3, 0.4) is 0 Å². The first-order valence-corrected chi connectivity index (χ1v) is 9.60. The van der Waals surface area contributed by atoms with Crippen LogP contribution >= 0.6 is 0 Å². The van der Waals surface area contributed by atoms with Crippen molar-refractivity contribution in [3.8, 4) is 5.75 Å². The van der Waals surface area contributed by atoms with Gasteiger partial charge in [-0.3, -0.25) is 14.4 Å². The van der Waals surface area contributed by atoms with Gasteiger partial charge in [-0.1, -0.05) is 12.1 Å². The van der Waals surface area contributed by atoms with Gasteiger partial charge in [0.25, 0.3) is 0 Å². The number of anilines is 1. The Balaban J connectivity index is 1.76. The van der Waals surface area contributed by atoms with Crippen molar-refractivity contribution in [2.75, 3.05) is 11.4 Å². The second kappa shape index (κ2) is 8.14. The van der Waals surface area contributed by atoms with Crippen molar-refractivity contribution in [2.45, 2.75) is 46.8 Å². The number of esters is 1. The number of rotatable bonds is 5. The molecule has 0 fully saturated rings. The van der Waals surface area contributed by atoms with Crippen LogP contribution in [-0.4, -0.2) is 47.2 Å². The van der Waals surface area contributed by atoms with E-state index in [1.807, 2.05) is 0 Å². The molecule has 158 valence electrons. The molecule has 0 saturated heterocycles. The molecular weight excluding hydrogens is 388 g/mol. The number of aromatic nitrogens is 1. The van der Waals surface area contributed by atoms with Crippen molar-refractivity contribution in [1.82, 2.24) is 4.98 Å². The number of Topliss-reactive ketones (excluding diaryl/α,β-unsaturated/α-hetero) is 2. The number of aryl methyl sites for hydroxylation is 1. The number of carbonyl (C=O) groups excluding carboxylic acids is 4. The summed E-state index contributed by atoms with van der Waals surface area (Å²) in [5, 5.41) is 0. The summed E-state index contributed by atoms with van der Waals surface area (Å²) < 4.78 is 11.1. The van der Waals surface area contributed by atoms with Crippen molar-refractivity contribution >= 4 is 29.1 Å². The van der Waals surface area contributed by atoms with Crippen LogP contribution in [0.5, 0.6) is 5.75 Å². The van der Waals surface area contributed by atoms with Crippen molar-refractivity contribution in [3.63, 3.8) is 0 Å². The Morgan fingerprint density at radius 2 is 1.83 bits per heavy atom. The molecule has 0 unspecified atom stereocenters. The van der Waals surface area contributed by atoms with Crippen LogP contribution in [0.1, 0.15) is 52.9 Å². The van der Waals surface area contributed by atoms with Gasteiger partial charge < -0.3 is 19.4 Å². The number of H-pyrrole nitrogens is 1. The second-order valence-electron chi connectivity index (χ2n) is 7.33. The summed E-state index contributed by atoms with van der Waals surface area (Å²) in [6, 6.07) is 6.90. The molecule has 0 radical (unpaired) electrons. The molecule has 8 nitrogen and oxygen atoms in total. The Bertz CT molecular complexity index is 1040. The average Bonchev–Trinajstić information content (AvgIpc) is 3.00. The zero-order valence-electron chi connectivity index (χ0n) is 17.6. The van der Waals surface area contributed by atoms with Crippen LogP contribution in [0, 0.1) is 13.8 Å². The lowest BCUT2D eigenvalue weighted by molar-refractivity contribution is -0.154. The fourth-order valence-electron chi connectivity index (χ4n) is 3.69. The Hall–Kier alpha value is -3.42. The number of carbonyl (C=O) groups is 4. The Morgan fingerprint density at radius 3 is 2.43 bits per heavy atom. The molecule has 2 heterocycles. The van der Waals surface area contributed by atoms with Gasteiger partial charge in [0.05, 0.1) is 17.9 Å². The third-order valence-electron chi connectivity index (χ3n) is 5.11. The molecule has 0 aliphatic carbocycles.